The second-order valence-corrected chi connectivity index (χ2v) is 5.85. The number of carbonyl (C=O) groups is 2. The van der Waals surface area contributed by atoms with Gasteiger partial charge in [-0.15, -0.1) is 0 Å². The fourth-order valence-corrected chi connectivity index (χ4v) is 2.54. The van der Waals surface area contributed by atoms with Gasteiger partial charge in [-0.3, -0.25) is 19.4 Å². The maximum atomic E-state index is 12.5. The van der Waals surface area contributed by atoms with Gasteiger partial charge in [0.2, 0.25) is 0 Å². The zero-order valence-electron chi connectivity index (χ0n) is 15.6. The van der Waals surface area contributed by atoms with Gasteiger partial charge in [0, 0.05) is 25.4 Å². The van der Waals surface area contributed by atoms with Gasteiger partial charge >= 0.3 is 6.61 Å². The van der Waals surface area contributed by atoms with E-state index in [0.717, 1.165) is 0 Å². The molecule has 0 unspecified atom stereocenters. The number of nitrogens with one attached hydrogen (secondary N) is 3. The highest BCUT2D eigenvalue weighted by Gasteiger charge is 2.19. The van der Waals surface area contributed by atoms with E-state index in [-0.39, 0.29) is 22.8 Å². The van der Waals surface area contributed by atoms with Gasteiger partial charge in [-0.25, -0.2) is 0 Å². The van der Waals surface area contributed by atoms with Gasteiger partial charge in [-0.05, 0) is 37.3 Å². The lowest BCUT2D eigenvalue weighted by Gasteiger charge is -2.04. The normalized spacial score (nSPS) is 10.8. The van der Waals surface area contributed by atoms with Gasteiger partial charge in [-0.2, -0.15) is 19.0 Å². The van der Waals surface area contributed by atoms with Crippen molar-refractivity contribution >= 4 is 17.5 Å². The fourth-order valence-electron chi connectivity index (χ4n) is 2.54. The maximum Gasteiger partial charge on any atom is 0.387 e. The molecule has 3 N–H and O–H groups in total. The molecule has 152 valence electrons. The molecule has 0 aliphatic carbocycles. The van der Waals surface area contributed by atoms with E-state index in [2.05, 4.69) is 30.7 Å². The molecule has 3 rings (SSSR count). The first-order chi connectivity index (χ1) is 13.9. The Morgan fingerprint density at radius 2 is 1.97 bits per heavy atom. The zero-order valence-corrected chi connectivity index (χ0v) is 15.6. The number of ether oxygens (including phenoxy) is 1. The number of hydrogen-bond acceptors (Lipinski definition) is 5. The number of alkyl halides is 2. The molecule has 2 heterocycles. The van der Waals surface area contributed by atoms with E-state index in [1.807, 2.05) is 6.92 Å². The average molecular weight is 404 g/mol. The zero-order chi connectivity index (χ0) is 21.0. The van der Waals surface area contributed by atoms with Crippen molar-refractivity contribution in [3.63, 3.8) is 0 Å². The molecule has 0 aliphatic rings. The van der Waals surface area contributed by atoms with Crippen molar-refractivity contribution < 1.29 is 23.1 Å². The number of H-pyrrole nitrogens is 1. The largest absolute Gasteiger partial charge is 0.435 e. The average Bonchev–Trinajstić information content (AvgIpc) is 3.35. The lowest BCUT2D eigenvalue weighted by molar-refractivity contribution is -0.0498. The lowest BCUT2D eigenvalue weighted by atomic mass is 10.1. The van der Waals surface area contributed by atoms with Crippen molar-refractivity contribution in [1.82, 2.24) is 25.3 Å². The summed E-state index contributed by atoms with van der Waals surface area (Å²) < 4.78 is 30.3. The van der Waals surface area contributed by atoms with Crippen molar-refractivity contribution in [2.75, 3.05) is 12.4 Å². The van der Waals surface area contributed by atoms with Crippen molar-refractivity contribution in [3.8, 4) is 17.0 Å². The fraction of sp³-hybridized carbons (Fsp3) is 0.222. The number of amides is 2. The Morgan fingerprint density at radius 1 is 1.24 bits per heavy atom. The molecule has 3 aromatic rings. The first-order valence-corrected chi connectivity index (χ1v) is 8.62. The number of nitrogens with zero attached hydrogens (tertiary/aromatic N) is 3. The Morgan fingerprint density at radius 3 is 2.59 bits per heavy atom. The van der Waals surface area contributed by atoms with E-state index < -0.39 is 18.4 Å². The number of anilines is 1. The second-order valence-electron chi connectivity index (χ2n) is 5.85. The quantitative estimate of drug-likeness (QED) is 0.560. The minimum atomic E-state index is -2.90. The molecular weight excluding hydrogens is 386 g/mol. The van der Waals surface area contributed by atoms with Crippen molar-refractivity contribution in [2.45, 2.75) is 20.1 Å². The van der Waals surface area contributed by atoms with Crippen LogP contribution in [0.5, 0.6) is 5.75 Å². The van der Waals surface area contributed by atoms with Crippen LogP contribution in [-0.2, 0) is 6.54 Å². The van der Waals surface area contributed by atoms with E-state index in [1.54, 1.807) is 18.3 Å². The van der Waals surface area contributed by atoms with Crippen LogP contribution < -0.4 is 15.4 Å². The molecule has 9 nitrogen and oxygen atoms in total. The smallest absolute Gasteiger partial charge is 0.387 e. The minimum Gasteiger partial charge on any atom is -0.435 e. The number of halogens is 2. The molecule has 0 fully saturated rings. The number of hydrogen-bond donors (Lipinski definition) is 3. The summed E-state index contributed by atoms with van der Waals surface area (Å²) in [7, 11) is 1.47. The number of aryl methyl sites for hydroxylation is 1. The molecule has 1 aromatic carbocycles. The number of rotatable bonds is 7. The van der Waals surface area contributed by atoms with Gasteiger partial charge in [0.1, 0.15) is 11.4 Å². The van der Waals surface area contributed by atoms with Gasteiger partial charge in [0.05, 0.1) is 11.4 Å². The maximum absolute atomic E-state index is 12.5. The van der Waals surface area contributed by atoms with E-state index in [1.165, 1.54) is 29.9 Å². The molecule has 2 amide bonds. The highest BCUT2D eigenvalue weighted by atomic mass is 19.3. The van der Waals surface area contributed by atoms with Crippen LogP contribution in [0.1, 0.15) is 27.9 Å². The Balaban J connectivity index is 1.76. The first-order valence-electron chi connectivity index (χ1n) is 8.62. The van der Waals surface area contributed by atoms with Crippen LogP contribution in [-0.4, -0.2) is 45.5 Å². The number of aromatic amines is 1. The monoisotopic (exact) mass is 404 g/mol. The molecule has 0 aliphatic heterocycles. The molecule has 0 saturated heterocycles. The summed E-state index contributed by atoms with van der Waals surface area (Å²) in [6.07, 6.45) is 1.56. The number of benzene rings is 1. The van der Waals surface area contributed by atoms with Gasteiger partial charge in [-0.1, -0.05) is 0 Å². The Labute approximate surface area is 164 Å². The van der Waals surface area contributed by atoms with Crippen molar-refractivity contribution in [1.29, 1.82) is 0 Å². The van der Waals surface area contributed by atoms with Crippen LogP contribution in [0.2, 0.25) is 0 Å². The molecule has 0 saturated carbocycles. The van der Waals surface area contributed by atoms with E-state index in [9.17, 15) is 18.4 Å². The number of aromatic nitrogens is 4. The van der Waals surface area contributed by atoms with E-state index in [0.29, 0.717) is 17.8 Å². The van der Waals surface area contributed by atoms with Crippen molar-refractivity contribution in [2.24, 2.45) is 0 Å². The van der Waals surface area contributed by atoms with Crippen molar-refractivity contribution in [3.05, 3.63) is 47.9 Å². The summed E-state index contributed by atoms with van der Waals surface area (Å²) in [5, 5.41) is 15.9. The molecule has 2 aromatic heterocycles. The van der Waals surface area contributed by atoms with Crippen LogP contribution in [0.15, 0.2) is 36.5 Å². The minimum absolute atomic E-state index is 0.0203. The Hall–Kier alpha value is -3.76. The topological polar surface area (TPSA) is 114 Å². The third-order valence-corrected chi connectivity index (χ3v) is 3.97. The second kappa shape index (κ2) is 8.50. The Bertz CT molecular complexity index is 1010. The highest BCUT2D eigenvalue weighted by Crippen LogP contribution is 2.23. The predicted molar refractivity (Wildman–Crippen MR) is 99.9 cm³/mol. The van der Waals surface area contributed by atoms with Gasteiger partial charge in [0.25, 0.3) is 11.8 Å². The molecule has 0 atom stereocenters. The van der Waals surface area contributed by atoms with E-state index >= 15 is 0 Å². The number of carbonyl (C=O) groups excluding carboxylic acids is 2. The summed E-state index contributed by atoms with van der Waals surface area (Å²) in [4.78, 5) is 24.5. The summed E-state index contributed by atoms with van der Waals surface area (Å²) >= 11 is 0. The third kappa shape index (κ3) is 4.57. The third-order valence-electron chi connectivity index (χ3n) is 3.97. The molecule has 0 bridgehead atoms. The van der Waals surface area contributed by atoms with Crippen LogP contribution in [0.25, 0.3) is 11.3 Å². The molecule has 29 heavy (non-hydrogen) atoms. The molecular formula is C18H18F2N6O3. The SMILES string of the molecule is CCn1cc(NC(=O)c2cc(-c3ccc(OC(F)F)cc3)n[nH]2)c(C(=O)NC)n1. The van der Waals surface area contributed by atoms with Crippen LogP contribution in [0, 0.1) is 0 Å². The van der Waals surface area contributed by atoms with E-state index in [4.69, 9.17) is 0 Å². The van der Waals surface area contributed by atoms with Gasteiger partial charge < -0.3 is 15.4 Å². The van der Waals surface area contributed by atoms with Crippen LogP contribution in [0.4, 0.5) is 14.5 Å². The summed E-state index contributed by atoms with van der Waals surface area (Å²) in [6, 6.07) is 7.35. The first kappa shape index (κ1) is 20.0. The summed E-state index contributed by atoms with van der Waals surface area (Å²) in [5.41, 5.74) is 1.55. The Kier molecular flexibility index (Phi) is 5.86. The van der Waals surface area contributed by atoms with Crippen LogP contribution >= 0.6 is 0 Å². The molecule has 11 heteroatoms. The standard InChI is InChI=1S/C18H18F2N6O3/c1-3-26-9-14(15(25-26)17(28)21-2)22-16(27)13-8-12(23-24-13)10-4-6-11(7-5-10)29-18(19)20/h4-9,18H,3H2,1-2H3,(H,21,28)(H,22,27)(H,23,24). The highest BCUT2D eigenvalue weighted by molar-refractivity contribution is 6.07. The van der Waals surface area contributed by atoms with Crippen LogP contribution in [0.3, 0.4) is 0 Å². The summed E-state index contributed by atoms with van der Waals surface area (Å²) in [5.74, 6) is -0.918. The lowest BCUT2D eigenvalue weighted by Crippen LogP contribution is -2.21. The van der Waals surface area contributed by atoms with Gasteiger partial charge in [0.15, 0.2) is 5.69 Å². The molecule has 0 spiro atoms. The summed E-state index contributed by atoms with van der Waals surface area (Å²) in [6.45, 7) is -0.525. The predicted octanol–water partition coefficient (Wildman–Crippen LogP) is 2.51. The molecule has 0 radical (unpaired) electrons.